The van der Waals surface area contributed by atoms with Crippen LogP contribution >= 0.6 is 7.53 Å². The molecule has 0 saturated carbocycles. The quantitative estimate of drug-likeness (QED) is 0.281. The molecular weight excluding hydrogens is 387 g/mol. The first-order chi connectivity index (χ1) is 14.6. The van der Waals surface area contributed by atoms with Gasteiger partial charge in [-0.15, -0.1) is 0 Å². The van der Waals surface area contributed by atoms with Crippen LogP contribution in [0, 0.1) is 13.8 Å². The maximum Gasteiger partial charge on any atom is 0.122 e. The normalized spacial score (nSPS) is 11.4. The molecule has 0 aliphatic carbocycles. The van der Waals surface area contributed by atoms with Crippen molar-refractivity contribution < 1.29 is 9.47 Å². The average Bonchev–Trinajstić information content (AvgIpc) is 3.05. The molecule has 3 heteroatoms. The van der Waals surface area contributed by atoms with E-state index in [0.717, 1.165) is 11.5 Å². The van der Waals surface area contributed by atoms with Crippen molar-refractivity contribution >= 4 is 28.5 Å². The minimum Gasteiger partial charge on any atom is -0.496 e. The first-order valence-corrected chi connectivity index (χ1v) is 12.2. The molecule has 0 bridgehead atoms. The number of fused-ring (bicyclic) bond motifs is 3. The molecule has 4 rings (SSSR count). The summed E-state index contributed by atoms with van der Waals surface area (Å²) in [6.45, 7) is 6.53. The number of methoxy groups -OCH3 is 2. The molecule has 4 aromatic rings. The Labute approximate surface area is 180 Å². The van der Waals surface area contributed by atoms with Gasteiger partial charge in [-0.05, 0) is 83.7 Å². The van der Waals surface area contributed by atoms with Crippen LogP contribution in [0.4, 0.5) is 0 Å². The molecule has 156 valence electrons. The van der Waals surface area contributed by atoms with Crippen LogP contribution in [0.3, 0.4) is 0 Å². The summed E-state index contributed by atoms with van der Waals surface area (Å²) in [6.07, 6.45) is 5.01. The first-order valence-electron chi connectivity index (χ1n) is 10.8. The Bertz CT molecular complexity index is 1120. The lowest BCUT2D eigenvalue weighted by Crippen LogP contribution is -1.87. The number of benzene rings is 3. The Hall–Kier alpha value is -2.44. The van der Waals surface area contributed by atoms with Crippen LogP contribution in [0.1, 0.15) is 42.9 Å². The smallest absolute Gasteiger partial charge is 0.122 e. The van der Waals surface area contributed by atoms with Crippen molar-refractivity contribution in [2.45, 2.75) is 46.5 Å². The van der Waals surface area contributed by atoms with Crippen LogP contribution in [-0.2, 0) is 6.42 Å². The summed E-state index contributed by atoms with van der Waals surface area (Å²) in [4.78, 5) is 0. The Kier molecular flexibility index (Phi) is 6.06. The van der Waals surface area contributed by atoms with Crippen LogP contribution in [0.5, 0.6) is 11.5 Å². The number of unbranched alkanes of at least 4 members (excludes halogenated alkanes) is 2. The first kappa shape index (κ1) is 20.8. The number of hydrogen-bond donors (Lipinski definition) is 0. The molecule has 3 aromatic carbocycles. The fraction of sp³-hybridized carbons (Fsp3) is 0.333. The van der Waals surface area contributed by atoms with Gasteiger partial charge in [-0.3, -0.25) is 0 Å². The van der Waals surface area contributed by atoms with Crippen molar-refractivity contribution in [3.63, 3.8) is 0 Å². The Balaban J connectivity index is 1.93. The van der Waals surface area contributed by atoms with Gasteiger partial charge in [0.1, 0.15) is 11.5 Å². The molecule has 0 aliphatic rings. The van der Waals surface area contributed by atoms with Gasteiger partial charge in [0.2, 0.25) is 0 Å². The summed E-state index contributed by atoms with van der Waals surface area (Å²) in [5.74, 6) is 1.89. The van der Waals surface area contributed by atoms with Gasteiger partial charge >= 0.3 is 0 Å². The van der Waals surface area contributed by atoms with Crippen molar-refractivity contribution in [1.29, 1.82) is 0 Å². The second kappa shape index (κ2) is 8.74. The summed E-state index contributed by atoms with van der Waals surface area (Å²) >= 11 is 0. The number of ether oxygens (including phenoxy) is 2. The van der Waals surface area contributed by atoms with Gasteiger partial charge in [0.25, 0.3) is 0 Å². The van der Waals surface area contributed by atoms with E-state index in [9.17, 15) is 0 Å². The van der Waals surface area contributed by atoms with E-state index in [1.165, 1.54) is 68.7 Å². The third-order valence-electron chi connectivity index (χ3n) is 6.06. The molecule has 1 aromatic heterocycles. The summed E-state index contributed by atoms with van der Waals surface area (Å²) in [6, 6.07) is 18.4. The fourth-order valence-electron chi connectivity index (χ4n) is 4.39. The van der Waals surface area contributed by atoms with E-state index in [0.29, 0.717) is 0 Å². The molecule has 0 atom stereocenters. The molecule has 0 N–H and O–H groups in total. The summed E-state index contributed by atoms with van der Waals surface area (Å²) < 4.78 is 11.3. The number of aryl methyl sites for hydroxylation is 3. The largest absolute Gasteiger partial charge is 0.496 e. The zero-order valence-electron chi connectivity index (χ0n) is 18.7. The molecule has 30 heavy (non-hydrogen) atoms. The molecular formula is C27H31O2P. The van der Waals surface area contributed by atoms with Crippen LogP contribution in [0.25, 0.3) is 26.3 Å². The highest BCUT2D eigenvalue weighted by Crippen LogP contribution is 2.57. The topological polar surface area (TPSA) is 18.5 Å². The van der Waals surface area contributed by atoms with Crippen molar-refractivity contribution in [3.8, 4) is 16.8 Å². The van der Waals surface area contributed by atoms with Gasteiger partial charge in [-0.25, -0.2) is 0 Å². The molecule has 1 heterocycles. The Morgan fingerprint density at radius 2 is 1.27 bits per heavy atom. The van der Waals surface area contributed by atoms with Crippen LogP contribution in [-0.4, -0.2) is 14.2 Å². The predicted octanol–water partition coefficient (Wildman–Crippen LogP) is 8.34. The molecule has 0 saturated heterocycles. The van der Waals surface area contributed by atoms with Crippen molar-refractivity contribution in [2.24, 2.45) is 0 Å². The van der Waals surface area contributed by atoms with Gasteiger partial charge in [0, 0.05) is 10.2 Å². The van der Waals surface area contributed by atoms with Gasteiger partial charge in [0.15, 0.2) is 0 Å². The molecule has 0 fully saturated rings. The van der Waals surface area contributed by atoms with E-state index in [4.69, 9.17) is 9.47 Å². The fourth-order valence-corrected chi connectivity index (χ4v) is 7.15. The van der Waals surface area contributed by atoms with E-state index in [1.54, 1.807) is 14.2 Å². The van der Waals surface area contributed by atoms with E-state index in [-0.39, 0.29) is 0 Å². The molecule has 0 spiro atoms. The molecule has 2 nitrogen and oxygen atoms in total. The van der Waals surface area contributed by atoms with Crippen molar-refractivity contribution in [2.75, 3.05) is 14.2 Å². The molecule has 0 amide bonds. The van der Waals surface area contributed by atoms with E-state index in [1.807, 2.05) is 0 Å². The van der Waals surface area contributed by atoms with Crippen LogP contribution in [0.15, 0.2) is 48.5 Å². The third-order valence-corrected chi connectivity index (χ3v) is 8.58. The number of hydrogen-bond acceptors (Lipinski definition) is 2. The lowest BCUT2D eigenvalue weighted by atomic mass is 10.1. The van der Waals surface area contributed by atoms with E-state index in [2.05, 4.69) is 69.3 Å². The van der Waals surface area contributed by atoms with Gasteiger partial charge in [0.05, 0.1) is 14.2 Å². The van der Waals surface area contributed by atoms with Crippen molar-refractivity contribution in [1.82, 2.24) is 0 Å². The maximum absolute atomic E-state index is 5.64. The zero-order valence-corrected chi connectivity index (χ0v) is 19.6. The zero-order chi connectivity index (χ0) is 21.3. The summed E-state index contributed by atoms with van der Waals surface area (Å²) in [7, 11) is 2.92. The maximum atomic E-state index is 5.64. The van der Waals surface area contributed by atoms with Crippen molar-refractivity contribution in [3.05, 3.63) is 65.2 Å². The predicted molar refractivity (Wildman–Crippen MR) is 131 cm³/mol. The minimum absolute atomic E-state index is 0.579. The second-order valence-electron chi connectivity index (χ2n) is 8.14. The standard InChI is InChI=1S/C27H31O2P/c1-6-7-8-9-20-10-12-21(13-11-20)30-26-14-18(2)24(28-4)16-22(26)23-17-25(29-5)19(3)15-27(23)30/h10-17H,6-9H2,1-5H3. The van der Waals surface area contributed by atoms with Gasteiger partial charge in [-0.2, -0.15) is 0 Å². The minimum atomic E-state index is -0.579. The van der Waals surface area contributed by atoms with Gasteiger partial charge < -0.3 is 9.47 Å². The lowest BCUT2D eigenvalue weighted by molar-refractivity contribution is 0.412. The third kappa shape index (κ3) is 3.70. The molecule has 0 radical (unpaired) electrons. The number of rotatable bonds is 7. The highest BCUT2D eigenvalue weighted by Gasteiger charge is 2.17. The highest BCUT2D eigenvalue weighted by molar-refractivity contribution is 7.67. The molecule has 0 aliphatic heterocycles. The van der Waals surface area contributed by atoms with Crippen LogP contribution in [0.2, 0.25) is 0 Å². The highest BCUT2D eigenvalue weighted by atomic mass is 31.1. The van der Waals surface area contributed by atoms with E-state index < -0.39 is 7.53 Å². The lowest BCUT2D eigenvalue weighted by Gasteiger charge is -2.09. The summed E-state index contributed by atoms with van der Waals surface area (Å²) in [5.41, 5.74) is 3.83. The average molecular weight is 419 g/mol. The van der Waals surface area contributed by atoms with Gasteiger partial charge in [-0.1, -0.05) is 51.6 Å². The monoisotopic (exact) mass is 418 g/mol. The van der Waals surface area contributed by atoms with Crippen LogP contribution < -0.4 is 9.47 Å². The molecule has 0 unspecified atom stereocenters. The SMILES string of the molecule is CCCCCc1ccc(-p2c3cc(C)c(OC)cc3c3cc(OC)c(C)cc32)cc1. The summed E-state index contributed by atoms with van der Waals surface area (Å²) in [5, 5.41) is 6.82. The van der Waals surface area contributed by atoms with E-state index >= 15 is 0 Å². The Morgan fingerprint density at radius 1 is 0.733 bits per heavy atom. The Morgan fingerprint density at radius 3 is 1.73 bits per heavy atom. The second-order valence-corrected chi connectivity index (χ2v) is 10.3.